The van der Waals surface area contributed by atoms with E-state index in [2.05, 4.69) is 16.0 Å². The van der Waals surface area contributed by atoms with Gasteiger partial charge in [-0.25, -0.2) is 13.2 Å². The lowest BCUT2D eigenvalue weighted by molar-refractivity contribution is -0.118. The summed E-state index contributed by atoms with van der Waals surface area (Å²) in [5, 5.41) is 9.30. The van der Waals surface area contributed by atoms with Crippen LogP contribution in [0.3, 0.4) is 0 Å². The zero-order valence-electron chi connectivity index (χ0n) is 27.9. The van der Waals surface area contributed by atoms with Gasteiger partial charge < -0.3 is 30.2 Å². The maximum absolute atomic E-state index is 14.1. The first kappa shape index (κ1) is 35.6. The molecule has 0 unspecified atom stereocenters. The van der Waals surface area contributed by atoms with E-state index >= 15 is 0 Å². The van der Waals surface area contributed by atoms with Crippen LogP contribution in [0.5, 0.6) is 5.75 Å². The molecular formula is C38H43N3O7S. The molecule has 4 aromatic carbocycles. The van der Waals surface area contributed by atoms with Crippen molar-refractivity contribution in [3.8, 4) is 5.75 Å². The number of carbonyl (C=O) groups excluding carboxylic acids is 2. The number of sulfone groups is 1. The number of hydrogen-bond donors (Lipinski definition) is 3. The highest BCUT2D eigenvalue weighted by molar-refractivity contribution is 7.90. The maximum atomic E-state index is 14.1. The van der Waals surface area contributed by atoms with Gasteiger partial charge >= 0.3 is 6.09 Å². The lowest BCUT2D eigenvalue weighted by atomic mass is 9.84. The van der Waals surface area contributed by atoms with Crippen molar-refractivity contribution in [1.82, 2.24) is 10.6 Å². The monoisotopic (exact) mass is 685 g/mol. The number of nitrogens with one attached hydrogen (secondary N) is 3. The highest BCUT2D eigenvalue weighted by Gasteiger charge is 2.33. The van der Waals surface area contributed by atoms with E-state index in [1.54, 1.807) is 18.2 Å². The molecule has 49 heavy (non-hydrogen) atoms. The Labute approximate surface area is 288 Å². The van der Waals surface area contributed by atoms with Gasteiger partial charge in [-0.05, 0) is 66.3 Å². The smallest absolute Gasteiger partial charge is 0.407 e. The predicted octanol–water partition coefficient (Wildman–Crippen LogP) is 5.26. The first-order valence-electron chi connectivity index (χ1n) is 16.2. The Kier molecular flexibility index (Phi) is 12.1. The van der Waals surface area contributed by atoms with Crippen LogP contribution in [0.4, 0.5) is 10.5 Å². The highest BCUT2D eigenvalue weighted by atomic mass is 32.2. The Hall–Kier alpha value is -4.71. The summed E-state index contributed by atoms with van der Waals surface area (Å²) in [4.78, 5) is 26.9. The van der Waals surface area contributed by atoms with Gasteiger partial charge in [-0.2, -0.15) is 0 Å². The Morgan fingerprint density at radius 3 is 2.16 bits per heavy atom. The molecule has 0 radical (unpaired) electrons. The molecule has 5 rings (SSSR count). The minimum Gasteiger partial charge on any atom is -0.491 e. The third-order valence-corrected chi connectivity index (χ3v) is 9.64. The first-order chi connectivity index (χ1) is 23.6. The second kappa shape index (κ2) is 16.6. The summed E-state index contributed by atoms with van der Waals surface area (Å²) in [5.41, 5.74) is 4.08. The molecule has 3 N–H and O–H groups in total. The molecule has 1 aliphatic heterocycles. The molecule has 3 atom stereocenters. The van der Waals surface area contributed by atoms with Crippen molar-refractivity contribution in [1.29, 1.82) is 0 Å². The van der Waals surface area contributed by atoms with Crippen molar-refractivity contribution in [3.05, 3.63) is 125 Å². The molecule has 1 aliphatic rings. The van der Waals surface area contributed by atoms with Crippen LogP contribution >= 0.6 is 0 Å². The van der Waals surface area contributed by atoms with E-state index in [4.69, 9.17) is 14.2 Å². The Balaban J connectivity index is 1.25. The SMILES string of the molecule is COC(=O)N[C@H](C(=O)Nc1ccccc1CC[C@@H]1CNC[C@@H](COc2ccc(S(C)(=O)=O)cc2C)O1)C(c1ccccc1)c1ccccc1. The standard InChI is InChI=1S/C38H43N3O7S/c1-26-22-32(49(3,44)45)20-21-34(26)47-25-31-24-39-23-30(48-31)19-18-27-12-10-11-17-33(27)40-37(42)36(41-38(43)46-2)35(28-13-6-4-7-14-28)29-15-8-5-9-16-29/h4-17,20-22,30-31,35-36,39H,18-19,23-25H2,1-3H3,(H,40,42)(H,41,43)/t30-,31+,36+/m1/s1. The van der Waals surface area contributed by atoms with Gasteiger partial charge in [0.25, 0.3) is 0 Å². The molecule has 0 aromatic heterocycles. The van der Waals surface area contributed by atoms with E-state index in [1.807, 2.05) is 91.9 Å². The van der Waals surface area contributed by atoms with Crippen LogP contribution in [0.2, 0.25) is 0 Å². The van der Waals surface area contributed by atoms with Crippen molar-refractivity contribution in [2.45, 2.75) is 48.8 Å². The molecule has 258 valence electrons. The molecule has 2 amide bonds. The fraction of sp³-hybridized carbons (Fsp3) is 0.316. The number of alkyl carbamates (subject to hydrolysis) is 1. The van der Waals surface area contributed by atoms with Crippen LogP contribution in [0.25, 0.3) is 0 Å². The van der Waals surface area contributed by atoms with Gasteiger partial charge in [0.1, 0.15) is 24.5 Å². The van der Waals surface area contributed by atoms with E-state index in [9.17, 15) is 18.0 Å². The molecule has 0 saturated carbocycles. The first-order valence-corrected chi connectivity index (χ1v) is 18.1. The normalized spacial score (nSPS) is 16.8. The van der Waals surface area contributed by atoms with Crippen LogP contribution < -0.4 is 20.7 Å². The molecule has 4 aromatic rings. The fourth-order valence-corrected chi connectivity index (χ4v) is 6.72. The number of morpholine rings is 1. The average molecular weight is 686 g/mol. The average Bonchev–Trinajstić information content (AvgIpc) is 3.11. The fourth-order valence-electron chi connectivity index (χ4n) is 6.01. The molecule has 1 saturated heterocycles. The topological polar surface area (TPSA) is 132 Å². The van der Waals surface area contributed by atoms with Crippen molar-refractivity contribution >= 4 is 27.5 Å². The summed E-state index contributed by atoms with van der Waals surface area (Å²) >= 11 is 0. The maximum Gasteiger partial charge on any atom is 0.407 e. The van der Waals surface area contributed by atoms with Crippen LogP contribution in [-0.2, 0) is 30.5 Å². The lowest BCUT2D eigenvalue weighted by Gasteiger charge is -2.31. The number of hydrogen-bond acceptors (Lipinski definition) is 8. The van der Waals surface area contributed by atoms with Gasteiger partial charge in [0.05, 0.1) is 18.1 Å². The van der Waals surface area contributed by atoms with Gasteiger partial charge in [0.15, 0.2) is 9.84 Å². The van der Waals surface area contributed by atoms with Crippen molar-refractivity contribution in [3.63, 3.8) is 0 Å². The lowest BCUT2D eigenvalue weighted by Crippen LogP contribution is -2.48. The second-order valence-corrected chi connectivity index (χ2v) is 14.2. The molecule has 0 bridgehead atoms. The number of methoxy groups -OCH3 is 1. The van der Waals surface area contributed by atoms with E-state index in [-0.39, 0.29) is 23.0 Å². The summed E-state index contributed by atoms with van der Waals surface area (Å²) in [6.45, 7) is 3.43. The number of ether oxygens (including phenoxy) is 3. The molecule has 10 nitrogen and oxygen atoms in total. The van der Waals surface area contributed by atoms with Crippen molar-refractivity contribution in [2.75, 3.05) is 38.4 Å². The van der Waals surface area contributed by atoms with Crippen molar-refractivity contribution in [2.24, 2.45) is 0 Å². The number of aryl methyl sites for hydroxylation is 2. The van der Waals surface area contributed by atoms with Gasteiger partial charge in [0, 0.05) is 31.0 Å². The second-order valence-electron chi connectivity index (χ2n) is 12.1. The molecule has 11 heteroatoms. The van der Waals surface area contributed by atoms with E-state index < -0.39 is 27.9 Å². The predicted molar refractivity (Wildman–Crippen MR) is 189 cm³/mol. The van der Waals surface area contributed by atoms with Gasteiger partial charge in [0.2, 0.25) is 5.91 Å². The van der Waals surface area contributed by atoms with E-state index in [0.29, 0.717) is 44.0 Å². The van der Waals surface area contributed by atoms with Gasteiger partial charge in [-0.1, -0.05) is 78.9 Å². The van der Waals surface area contributed by atoms with E-state index in [0.717, 1.165) is 22.3 Å². The molecular weight excluding hydrogens is 642 g/mol. The van der Waals surface area contributed by atoms with Gasteiger partial charge in [-0.15, -0.1) is 0 Å². The minimum atomic E-state index is -3.30. The third-order valence-electron chi connectivity index (χ3n) is 8.53. The number of rotatable bonds is 13. The Bertz CT molecular complexity index is 1780. The quantitative estimate of drug-likeness (QED) is 0.174. The van der Waals surface area contributed by atoms with Crippen molar-refractivity contribution < 1.29 is 32.2 Å². The Morgan fingerprint density at radius 2 is 1.53 bits per heavy atom. The largest absolute Gasteiger partial charge is 0.491 e. The summed E-state index contributed by atoms with van der Waals surface area (Å²) < 4.78 is 41.1. The number of anilines is 1. The number of para-hydroxylation sites is 1. The summed E-state index contributed by atoms with van der Waals surface area (Å²) in [6, 6.07) is 30.7. The number of carbonyl (C=O) groups is 2. The van der Waals surface area contributed by atoms with Crippen LogP contribution in [0.1, 0.15) is 34.6 Å². The minimum absolute atomic E-state index is 0.0888. The summed E-state index contributed by atoms with van der Waals surface area (Å²) in [6.07, 6.45) is 1.53. The zero-order chi connectivity index (χ0) is 34.8. The molecule has 1 fully saturated rings. The van der Waals surface area contributed by atoms with Gasteiger partial charge in [-0.3, -0.25) is 4.79 Å². The Morgan fingerprint density at radius 1 is 0.898 bits per heavy atom. The molecule has 1 heterocycles. The van der Waals surface area contributed by atoms with Crippen LogP contribution in [0, 0.1) is 6.92 Å². The van der Waals surface area contributed by atoms with E-state index in [1.165, 1.54) is 13.4 Å². The third kappa shape index (κ3) is 9.69. The highest BCUT2D eigenvalue weighted by Crippen LogP contribution is 2.30. The summed E-state index contributed by atoms with van der Waals surface area (Å²) in [7, 11) is -2.02. The summed E-state index contributed by atoms with van der Waals surface area (Å²) in [5.74, 6) is -0.233. The number of benzene rings is 4. The zero-order valence-corrected chi connectivity index (χ0v) is 28.7. The molecule has 0 spiro atoms. The molecule has 0 aliphatic carbocycles. The van der Waals surface area contributed by atoms with Crippen LogP contribution in [0.15, 0.2) is 108 Å². The number of amides is 2. The van der Waals surface area contributed by atoms with Crippen LogP contribution in [-0.4, -0.2) is 71.7 Å².